The summed E-state index contributed by atoms with van der Waals surface area (Å²) < 4.78 is 1.92. The van der Waals surface area contributed by atoms with Crippen LogP contribution in [0.5, 0.6) is 0 Å². The molecule has 1 fully saturated rings. The van der Waals surface area contributed by atoms with Gasteiger partial charge in [0.25, 0.3) is 0 Å². The smallest absolute Gasteiger partial charge is 0.0644 e. The summed E-state index contributed by atoms with van der Waals surface area (Å²) in [7, 11) is 0. The number of aliphatic hydroxyl groups excluding tert-OH is 1. The number of hydrogen-bond donors (Lipinski definition) is 2. The molecule has 20 heavy (non-hydrogen) atoms. The Kier molecular flexibility index (Phi) is 4.86. The zero-order chi connectivity index (χ0) is 14.8. The molecule has 2 rings (SSSR count). The first-order valence-corrected chi connectivity index (χ1v) is 7.83. The summed E-state index contributed by atoms with van der Waals surface area (Å²) in [6.07, 6.45) is 5.28. The van der Waals surface area contributed by atoms with Crippen molar-refractivity contribution < 1.29 is 5.11 Å². The van der Waals surface area contributed by atoms with Crippen LogP contribution in [-0.2, 0) is 13.1 Å². The summed E-state index contributed by atoms with van der Waals surface area (Å²) in [6, 6.07) is 0.594. The number of aryl methyl sites for hydroxylation is 1. The molecule has 4 heteroatoms. The van der Waals surface area contributed by atoms with Gasteiger partial charge in [-0.15, -0.1) is 0 Å². The van der Waals surface area contributed by atoms with Crippen LogP contribution >= 0.6 is 0 Å². The molecule has 0 saturated heterocycles. The highest BCUT2D eigenvalue weighted by Gasteiger charge is 2.31. The van der Waals surface area contributed by atoms with Gasteiger partial charge in [-0.25, -0.2) is 0 Å². The topological polar surface area (TPSA) is 50.1 Å². The van der Waals surface area contributed by atoms with Crippen LogP contribution in [0.4, 0.5) is 0 Å². The molecule has 1 atom stereocenters. The van der Waals surface area contributed by atoms with E-state index in [1.165, 1.54) is 36.9 Å². The Balaban J connectivity index is 2.03. The Labute approximate surface area is 122 Å². The number of aliphatic hydroxyl groups is 1. The first kappa shape index (κ1) is 15.5. The summed E-state index contributed by atoms with van der Waals surface area (Å²) in [5, 5.41) is 17.3. The molecule has 1 saturated carbocycles. The zero-order valence-electron chi connectivity index (χ0n) is 13.4. The third-order valence-electron chi connectivity index (χ3n) is 4.88. The zero-order valence-corrected chi connectivity index (χ0v) is 13.4. The van der Waals surface area contributed by atoms with E-state index in [1.54, 1.807) is 0 Å². The van der Waals surface area contributed by atoms with Crippen LogP contribution in [0.1, 0.15) is 56.5 Å². The molecule has 0 aromatic carbocycles. The lowest BCUT2D eigenvalue weighted by Crippen LogP contribution is -2.43. The van der Waals surface area contributed by atoms with Gasteiger partial charge in [0.05, 0.1) is 18.8 Å². The fourth-order valence-corrected chi connectivity index (χ4v) is 3.40. The highest BCUT2D eigenvalue weighted by Crippen LogP contribution is 2.35. The van der Waals surface area contributed by atoms with Gasteiger partial charge in [0, 0.05) is 23.8 Å². The minimum atomic E-state index is 0.143. The number of hydrogen-bond acceptors (Lipinski definition) is 3. The van der Waals surface area contributed by atoms with Crippen molar-refractivity contribution in [3.05, 3.63) is 17.0 Å². The largest absolute Gasteiger partial charge is 0.394 e. The van der Waals surface area contributed by atoms with Crippen LogP contribution in [0.2, 0.25) is 0 Å². The molecule has 4 nitrogen and oxygen atoms in total. The van der Waals surface area contributed by atoms with Gasteiger partial charge < -0.3 is 10.4 Å². The third-order valence-corrected chi connectivity index (χ3v) is 4.88. The Bertz CT molecular complexity index is 451. The van der Waals surface area contributed by atoms with Gasteiger partial charge in [-0.3, -0.25) is 4.68 Å². The maximum Gasteiger partial charge on any atom is 0.0644 e. The van der Waals surface area contributed by atoms with Crippen molar-refractivity contribution in [2.45, 2.75) is 72.5 Å². The molecule has 2 N–H and O–H groups in total. The first-order valence-electron chi connectivity index (χ1n) is 7.83. The molecule has 0 aliphatic heterocycles. The van der Waals surface area contributed by atoms with Gasteiger partial charge in [-0.2, -0.15) is 5.10 Å². The maximum atomic E-state index is 9.07. The van der Waals surface area contributed by atoms with E-state index in [-0.39, 0.29) is 6.61 Å². The predicted octanol–water partition coefficient (Wildman–Crippen LogP) is 2.55. The van der Waals surface area contributed by atoms with E-state index in [9.17, 15) is 0 Å². The molecule has 0 amide bonds. The summed E-state index contributed by atoms with van der Waals surface area (Å²) >= 11 is 0. The number of rotatable bonds is 5. The van der Waals surface area contributed by atoms with Crippen molar-refractivity contribution >= 4 is 0 Å². The third kappa shape index (κ3) is 3.23. The quantitative estimate of drug-likeness (QED) is 0.871. The van der Waals surface area contributed by atoms with E-state index in [0.29, 0.717) is 18.0 Å². The second-order valence-corrected chi connectivity index (χ2v) is 6.76. The van der Waals surface area contributed by atoms with Crippen LogP contribution in [-0.4, -0.2) is 27.5 Å². The van der Waals surface area contributed by atoms with Crippen molar-refractivity contribution in [3.8, 4) is 0 Å². The molecule has 1 aromatic heterocycles. The van der Waals surface area contributed by atoms with E-state index in [4.69, 9.17) is 5.11 Å². The standard InChI is InChI=1S/C16H29N3O/c1-12-14(13(2)19(18-12)9-10-20)11-17-15-7-5-6-8-16(15,3)4/h15,17,20H,5-11H2,1-4H3. The van der Waals surface area contributed by atoms with Crippen molar-refractivity contribution in [3.63, 3.8) is 0 Å². The lowest BCUT2D eigenvalue weighted by atomic mass is 9.73. The highest BCUT2D eigenvalue weighted by molar-refractivity contribution is 5.24. The number of aromatic nitrogens is 2. The Morgan fingerprint density at radius 1 is 1.35 bits per heavy atom. The molecule has 1 aromatic rings. The molecule has 1 heterocycles. The molecule has 1 aliphatic rings. The predicted molar refractivity (Wildman–Crippen MR) is 81.7 cm³/mol. The minimum Gasteiger partial charge on any atom is -0.394 e. The number of nitrogens with one attached hydrogen (secondary N) is 1. The van der Waals surface area contributed by atoms with E-state index in [1.807, 2.05) is 4.68 Å². The van der Waals surface area contributed by atoms with Gasteiger partial charge in [-0.05, 0) is 32.1 Å². The van der Waals surface area contributed by atoms with Crippen LogP contribution in [0.15, 0.2) is 0 Å². The fourth-order valence-electron chi connectivity index (χ4n) is 3.40. The lowest BCUT2D eigenvalue weighted by Gasteiger charge is -2.39. The van der Waals surface area contributed by atoms with E-state index in [2.05, 4.69) is 38.1 Å². The summed E-state index contributed by atoms with van der Waals surface area (Å²) in [6.45, 7) is 10.5. The van der Waals surface area contributed by atoms with Crippen LogP contribution < -0.4 is 5.32 Å². The van der Waals surface area contributed by atoms with Gasteiger partial charge in [0.1, 0.15) is 0 Å². The maximum absolute atomic E-state index is 9.07. The molecule has 1 aliphatic carbocycles. The van der Waals surface area contributed by atoms with Crippen molar-refractivity contribution in [2.24, 2.45) is 5.41 Å². The van der Waals surface area contributed by atoms with Crippen molar-refractivity contribution in [1.29, 1.82) is 0 Å². The summed E-state index contributed by atoms with van der Waals surface area (Å²) in [5.41, 5.74) is 3.94. The van der Waals surface area contributed by atoms with Gasteiger partial charge in [-0.1, -0.05) is 26.7 Å². The monoisotopic (exact) mass is 279 g/mol. The van der Waals surface area contributed by atoms with E-state index >= 15 is 0 Å². The molecular formula is C16H29N3O. The molecule has 1 unspecified atom stereocenters. The normalized spacial score (nSPS) is 22.1. The Hall–Kier alpha value is -0.870. The second kappa shape index (κ2) is 6.27. The van der Waals surface area contributed by atoms with Crippen LogP contribution in [0.25, 0.3) is 0 Å². The molecular weight excluding hydrogens is 250 g/mol. The number of nitrogens with zero attached hydrogens (tertiary/aromatic N) is 2. The van der Waals surface area contributed by atoms with Crippen LogP contribution in [0, 0.1) is 19.3 Å². The van der Waals surface area contributed by atoms with E-state index in [0.717, 1.165) is 12.2 Å². The van der Waals surface area contributed by atoms with E-state index < -0.39 is 0 Å². The van der Waals surface area contributed by atoms with Crippen LogP contribution in [0.3, 0.4) is 0 Å². The average Bonchev–Trinajstić information content (AvgIpc) is 2.64. The first-order chi connectivity index (χ1) is 9.45. The second-order valence-electron chi connectivity index (χ2n) is 6.76. The van der Waals surface area contributed by atoms with Crippen molar-refractivity contribution in [1.82, 2.24) is 15.1 Å². The van der Waals surface area contributed by atoms with Gasteiger partial charge in [0.15, 0.2) is 0 Å². The average molecular weight is 279 g/mol. The fraction of sp³-hybridized carbons (Fsp3) is 0.812. The lowest BCUT2D eigenvalue weighted by molar-refractivity contribution is 0.166. The summed E-state index contributed by atoms with van der Waals surface area (Å²) in [4.78, 5) is 0. The highest BCUT2D eigenvalue weighted by atomic mass is 16.3. The summed E-state index contributed by atoms with van der Waals surface area (Å²) in [5.74, 6) is 0. The Morgan fingerprint density at radius 3 is 2.75 bits per heavy atom. The minimum absolute atomic E-state index is 0.143. The molecule has 114 valence electrons. The van der Waals surface area contributed by atoms with Gasteiger partial charge >= 0.3 is 0 Å². The SMILES string of the molecule is Cc1nn(CCO)c(C)c1CNC1CCCCC1(C)C. The Morgan fingerprint density at radius 2 is 2.10 bits per heavy atom. The molecule has 0 radical (unpaired) electrons. The molecule has 0 spiro atoms. The van der Waals surface area contributed by atoms with Gasteiger partial charge in [0.2, 0.25) is 0 Å². The van der Waals surface area contributed by atoms with Crippen molar-refractivity contribution in [2.75, 3.05) is 6.61 Å². The molecule has 0 bridgehead atoms.